The number of para-hydroxylation sites is 2. The summed E-state index contributed by atoms with van der Waals surface area (Å²) in [7, 11) is 0. The third-order valence-corrected chi connectivity index (χ3v) is 3.72. The molecule has 19 heavy (non-hydrogen) atoms. The molecule has 4 heteroatoms. The molecule has 104 valence electrons. The van der Waals surface area contributed by atoms with E-state index < -0.39 is 11.4 Å². The fraction of sp³-hybridized carbons (Fsp3) is 0.533. The molecule has 1 fully saturated rings. The van der Waals surface area contributed by atoms with Crippen molar-refractivity contribution in [2.75, 3.05) is 24.6 Å². The van der Waals surface area contributed by atoms with Gasteiger partial charge >= 0.3 is 5.97 Å². The fourth-order valence-electron chi connectivity index (χ4n) is 2.62. The SMILES string of the molecule is CCOc1ccccc1N1CCCC(C)(C(=O)O)C1. The van der Waals surface area contributed by atoms with Gasteiger partial charge in [0.15, 0.2) is 0 Å². The number of aliphatic carboxylic acids is 1. The van der Waals surface area contributed by atoms with E-state index in [9.17, 15) is 9.90 Å². The molecule has 1 aliphatic heterocycles. The Bertz CT molecular complexity index is 460. The minimum absolute atomic E-state index is 0.534. The maximum Gasteiger partial charge on any atom is 0.311 e. The summed E-state index contributed by atoms with van der Waals surface area (Å²) in [6.45, 7) is 5.81. The second-order valence-electron chi connectivity index (χ2n) is 5.29. The molecule has 0 spiro atoms. The van der Waals surface area contributed by atoms with Crippen molar-refractivity contribution in [2.45, 2.75) is 26.7 Å². The van der Waals surface area contributed by atoms with E-state index in [0.717, 1.165) is 30.8 Å². The zero-order chi connectivity index (χ0) is 13.9. The maximum absolute atomic E-state index is 11.4. The largest absolute Gasteiger partial charge is 0.492 e. The van der Waals surface area contributed by atoms with Gasteiger partial charge in [0.1, 0.15) is 5.75 Å². The van der Waals surface area contributed by atoms with Crippen molar-refractivity contribution in [3.8, 4) is 5.75 Å². The lowest BCUT2D eigenvalue weighted by Crippen LogP contribution is -2.46. The van der Waals surface area contributed by atoms with Crippen molar-refractivity contribution >= 4 is 11.7 Å². The Kier molecular flexibility index (Phi) is 3.98. The number of piperidine rings is 1. The Balaban J connectivity index is 2.24. The topological polar surface area (TPSA) is 49.8 Å². The highest BCUT2D eigenvalue weighted by molar-refractivity contribution is 5.76. The number of benzene rings is 1. The Morgan fingerprint density at radius 3 is 2.89 bits per heavy atom. The lowest BCUT2D eigenvalue weighted by atomic mass is 9.82. The Hall–Kier alpha value is -1.71. The first-order chi connectivity index (χ1) is 9.07. The van der Waals surface area contributed by atoms with Crippen LogP contribution in [-0.2, 0) is 4.79 Å². The van der Waals surface area contributed by atoms with Crippen molar-refractivity contribution in [2.24, 2.45) is 5.41 Å². The molecular weight excluding hydrogens is 242 g/mol. The summed E-state index contributed by atoms with van der Waals surface area (Å²) in [6.07, 6.45) is 1.62. The molecule has 0 aromatic heterocycles. The highest BCUT2D eigenvalue weighted by Gasteiger charge is 2.38. The third-order valence-electron chi connectivity index (χ3n) is 3.72. The summed E-state index contributed by atoms with van der Waals surface area (Å²) >= 11 is 0. The van der Waals surface area contributed by atoms with E-state index in [-0.39, 0.29) is 0 Å². The van der Waals surface area contributed by atoms with Crippen LogP contribution in [0.3, 0.4) is 0 Å². The molecule has 0 bridgehead atoms. The summed E-state index contributed by atoms with van der Waals surface area (Å²) in [6, 6.07) is 7.84. The van der Waals surface area contributed by atoms with E-state index >= 15 is 0 Å². The molecule has 1 heterocycles. The van der Waals surface area contributed by atoms with Crippen LogP contribution >= 0.6 is 0 Å². The second-order valence-corrected chi connectivity index (χ2v) is 5.29. The summed E-state index contributed by atoms with van der Waals surface area (Å²) in [5, 5.41) is 9.38. The van der Waals surface area contributed by atoms with Crippen LogP contribution in [0.15, 0.2) is 24.3 Å². The smallest absolute Gasteiger partial charge is 0.311 e. The van der Waals surface area contributed by atoms with Gasteiger partial charge in [-0.25, -0.2) is 0 Å². The number of anilines is 1. The van der Waals surface area contributed by atoms with Crippen molar-refractivity contribution in [1.82, 2.24) is 0 Å². The molecule has 0 amide bonds. The lowest BCUT2D eigenvalue weighted by molar-refractivity contribution is -0.148. The average molecular weight is 263 g/mol. The van der Waals surface area contributed by atoms with Crippen LogP contribution in [0.4, 0.5) is 5.69 Å². The highest BCUT2D eigenvalue weighted by atomic mass is 16.5. The van der Waals surface area contributed by atoms with E-state index in [1.54, 1.807) is 0 Å². The normalized spacial score (nSPS) is 23.2. The summed E-state index contributed by atoms with van der Waals surface area (Å²) in [5.41, 5.74) is 0.328. The van der Waals surface area contributed by atoms with Gasteiger partial charge in [0.25, 0.3) is 0 Å². The Morgan fingerprint density at radius 2 is 2.21 bits per heavy atom. The molecule has 1 saturated heterocycles. The molecule has 0 aliphatic carbocycles. The molecule has 1 atom stereocenters. The van der Waals surface area contributed by atoms with E-state index in [4.69, 9.17) is 4.74 Å². The van der Waals surface area contributed by atoms with Gasteiger partial charge in [-0.2, -0.15) is 0 Å². The molecule has 1 N–H and O–H groups in total. The number of carboxylic acids is 1. The third kappa shape index (κ3) is 2.83. The molecule has 1 aliphatic rings. The zero-order valence-electron chi connectivity index (χ0n) is 11.6. The Labute approximate surface area is 114 Å². The molecule has 0 saturated carbocycles. The maximum atomic E-state index is 11.4. The first-order valence-electron chi connectivity index (χ1n) is 6.77. The van der Waals surface area contributed by atoms with Gasteiger partial charge in [-0.1, -0.05) is 12.1 Å². The molecule has 1 unspecified atom stereocenters. The second kappa shape index (κ2) is 5.51. The van der Waals surface area contributed by atoms with Crippen molar-refractivity contribution < 1.29 is 14.6 Å². The van der Waals surface area contributed by atoms with Crippen LogP contribution < -0.4 is 9.64 Å². The van der Waals surface area contributed by atoms with Crippen molar-refractivity contribution in [1.29, 1.82) is 0 Å². The minimum atomic E-state index is -0.717. The molecule has 1 aromatic rings. The van der Waals surface area contributed by atoms with Crippen LogP contribution in [0, 0.1) is 5.41 Å². The predicted octanol–water partition coefficient (Wildman–Crippen LogP) is 2.78. The van der Waals surface area contributed by atoms with E-state index in [0.29, 0.717) is 13.2 Å². The number of hydrogen-bond acceptors (Lipinski definition) is 3. The number of rotatable bonds is 4. The first kappa shape index (κ1) is 13.7. The predicted molar refractivity (Wildman–Crippen MR) is 74.8 cm³/mol. The van der Waals surface area contributed by atoms with Gasteiger partial charge in [-0.3, -0.25) is 4.79 Å². The number of hydrogen-bond donors (Lipinski definition) is 1. The quantitative estimate of drug-likeness (QED) is 0.907. The van der Waals surface area contributed by atoms with E-state index in [1.165, 1.54) is 0 Å². The van der Waals surface area contributed by atoms with E-state index in [1.807, 2.05) is 38.1 Å². The lowest BCUT2D eigenvalue weighted by Gasteiger charge is -2.39. The molecular formula is C15H21NO3. The van der Waals surface area contributed by atoms with Crippen LogP contribution in [0.1, 0.15) is 26.7 Å². The molecule has 0 radical (unpaired) electrons. The van der Waals surface area contributed by atoms with Gasteiger partial charge in [0.2, 0.25) is 0 Å². The highest BCUT2D eigenvalue weighted by Crippen LogP contribution is 2.36. The monoisotopic (exact) mass is 263 g/mol. The van der Waals surface area contributed by atoms with Gasteiger partial charge in [-0.05, 0) is 38.8 Å². The zero-order valence-corrected chi connectivity index (χ0v) is 11.6. The van der Waals surface area contributed by atoms with Crippen LogP contribution in [-0.4, -0.2) is 30.8 Å². The van der Waals surface area contributed by atoms with E-state index in [2.05, 4.69) is 4.90 Å². The first-order valence-corrected chi connectivity index (χ1v) is 6.77. The number of carbonyl (C=O) groups is 1. The molecule has 4 nitrogen and oxygen atoms in total. The molecule has 2 rings (SSSR count). The number of carboxylic acid groups (broad SMARTS) is 1. The van der Waals surface area contributed by atoms with Crippen LogP contribution in [0.2, 0.25) is 0 Å². The van der Waals surface area contributed by atoms with Crippen molar-refractivity contribution in [3.63, 3.8) is 0 Å². The number of ether oxygens (including phenoxy) is 1. The fourth-order valence-corrected chi connectivity index (χ4v) is 2.62. The van der Waals surface area contributed by atoms with Gasteiger partial charge in [-0.15, -0.1) is 0 Å². The standard InChI is InChI=1S/C15H21NO3/c1-3-19-13-8-5-4-7-12(13)16-10-6-9-15(2,11-16)14(17)18/h4-5,7-8H,3,6,9-11H2,1-2H3,(H,17,18). The number of nitrogens with zero attached hydrogens (tertiary/aromatic N) is 1. The van der Waals surface area contributed by atoms with Crippen LogP contribution in [0.25, 0.3) is 0 Å². The van der Waals surface area contributed by atoms with Gasteiger partial charge < -0.3 is 14.7 Å². The summed E-state index contributed by atoms with van der Waals surface area (Å²) < 4.78 is 5.63. The van der Waals surface area contributed by atoms with Crippen LogP contribution in [0.5, 0.6) is 5.75 Å². The summed E-state index contributed by atoms with van der Waals surface area (Å²) in [5.74, 6) is 0.116. The summed E-state index contributed by atoms with van der Waals surface area (Å²) in [4.78, 5) is 13.5. The van der Waals surface area contributed by atoms with Gasteiger partial charge in [0.05, 0.1) is 17.7 Å². The Morgan fingerprint density at radius 1 is 1.47 bits per heavy atom. The van der Waals surface area contributed by atoms with Gasteiger partial charge in [0, 0.05) is 13.1 Å². The molecule has 1 aromatic carbocycles. The minimum Gasteiger partial charge on any atom is -0.492 e. The average Bonchev–Trinajstić information content (AvgIpc) is 2.40. The van der Waals surface area contributed by atoms with Crippen molar-refractivity contribution in [3.05, 3.63) is 24.3 Å².